The van der Waals surface area contributed by atoms with E-state index < -0.39 is 4.92 Å². The lowest BCUT2D eigenvalue weighted by Crippen LogP contribution is -2.21. The number of nitro benzene ring substituents is 1. The zero-order valence-electron chi connectivity index (χ0n) is 12.6. The van der Waals surface area contributed by atoms with Crippen LogP contribution in [0.25, 0.3) is 0 Å². The minimum absolute atomic E-state index is 0.00831. The number of nitrogens with zero attached hydrogens (tertiary/aromatic N) is 1. The third-order valence-corrected chi connectivity index (χ3v) is 2.96. The van der Waals surface area contributed by atoms with E-state index in [4.69, 9.17) is 4.74 Å². The smallest absolute Gasteiger partial charge is 0.271 e. The fraction of sp³-hybridized carbons (Fsp3) is 0.188. The number of non-ortho nitro benzene ring substituents is 1. The highest BCUT2D eigenvalue weighted by atomic mass is 16.6. The average molecular weight is 315 g/mol. The molecular weight excluding hydrogens is 298 g/mol. The minimum atomic E-state index is -0.481. The van der Waals surface area contributed by atoms with Crippen molar-refractivity contribution in [3.63, 3.8) is 0 Å². The van der Waals surface area contributed by atoms with Gasteiger partial charge in [0.15, 0.2) is 0 Å². The number of carbonyl (C=O) groups is 1. The Morgan fingerprint density at radius 3 is 2.57 bits per heavy atom. The lowest BCUT2D eigenvalue weighted by Gasteiger charge is -2.08. The van der Waals surface area contributed by atoms with E-state index >= 15 is 0 Å². The molecule has 0 aliphatic carbocycles. The summed E-state index contributed by atoms with van der Waals surface area (Å²) in [6.07, 6.45) is 0. The van der Waals surface area contributed by atoms with Gasteiger partial charge in [-0.2, -0.15) is 0 Å². The molecule has 0 radical (unpaired) electrons. The Hall–Kier alpha value is -3.09. The van der Waals surface area contributed by atoms with Gasteiger partial charge in [-0.05, 0) is 37.3 Å². The molecule has 2 rings (SSSR count). The molecule has 0 saturated carbocycles. The summed E-state index contributed by atoms with van der Waals surface area (Å²) in [6.45, 7) is 2.49. The molecular formula is C16H17N3O4. The Labute approximate surface area is 133 Å². The highest BCUT2D eigenvalue weighted by Crippen LogP contribution is 2.17. The number of hydrogen-bond donors (Lipinski definition) is 2. The van der Waals surface area contributed by atoms with Gasteiger partial charge in [-0.25, -0.2) is 0 Å². The lowest BCUT2D eigenvalue weighted by atomic mass is 10.2. The number of nitro groups is 1. The molecule has 7 heteroatoms. The van der Waals surface area contributed by atoms with E-state index in [2.05, 4.69) is 10.6 Å². The quantitative estimate of drug-likeness (QED) is 0.605. The minimum Gasteiger partial charge on any atom is -0.494 e. The van der Waals surface area contributed by atoms with Crippen LogP contribution in [0.4, 0.5) is 17.1 Å². The molecule has 7 nitrogen and oxygen atoms in total. The second-order valence-corrected chi connectivity index (χ2v) is 4.67. The van der Waals surface area contributed by atoms with Crippen LogP contribution in [0.3, 0.4) is 0 Å². The van der Waals surface area contributed by atoms with Crippen molar-refractivity contribution in [3.8, 4) is 5.75 Å². The summed E-state index contributed by atoms with van der Waals surface area (Å²) in [5.41, 5.74) is 1.14. The van der Waals surface area contributed by atoms with Crippen molar-refractivity contribution in [2.24, 2.45) is 0 Å². The number of hydrogen-bond acceptors (Lipinski definition) is 5. The molecule has 0 aliphatic rings. The van der Waals surface area contributed by atoms with E-state index in [1.165, 1.54) is 12.1 Å². The van der Waals surface area contributed by atoms with Crippen LogP contribution in [0.1, 0.15) is 6.92 Å². The number of ether oxygens (including phenoxy) is 1. The largest absolute Gasteiger partial charge is 0.494 e. The van der Waals surface area contributed by atoms with Crippen LogP contribution in [0, 0.1) is 10.1 Å². The molecule has 2 N–H and O–H groups in total. The monoisotopic (exact) mass is 315 g/mol. The van der Waals surface area contributed by atoms with Crippen LogP contribution in [0.5, 0.6) is 5.75 Å². The molecule has 0 aromatic heterocycles. The summed E-state index contributed by atoms with van der Waals surface area (Å²) in [7, 11) is 0. The van der Waals surface area contributed by atoms with Crippen LogP contribution in [0.15, 0.2) is 48.5 Å². The van der Waals surface area contributed by atoms with Crippen molar-refractivity contribution >= 4 is 23.0 Å². The van der Waals surface area contributed by atoms with Crippen molar-refractivity contribution < 1.29 is 14.5 Å². The van der Waals surface area contributed by atoms with Crippen LogP contribution in [-0.2, 0) is 4.79 Å². The Kier molecular flexibility index (Phi) is 5.51. The van der Waals surface area contributed by atoms with Crippen molar-refractivity contribution in [2.45, 2.75) is 6.92 Å². The van der Waals surface area contributed by atoms with E-state index in [0.29, 0.717) is 18.0 Å². The van der Waals surface area contributed by atoms with Gasteiger partial charge in [-0.1, -0.05) is 6.07 Å². The van der Waals surface area contributed by atoms with E-state index in [0.717, 1.165) is 5.75 Å². The van der Waals surface area contributed by atoms with Crippen LogP contribution in [-0.4, -0.2) is 24.0 Å². The SMILES string of the molecule is CCOc1ccc(NC(=O)CNc2cccc([N+](=O)[O-])c2)cc1. The fourth-order valence-corrected chi connectivity index (χ4v) is 1.92. The number of nitrogens with one attached hydrogen (secondary N) is 2. The van der Waals surface area contributed by atoms with Gasteiger partial charge >= 0.3 is 0 Å². The Morgan fingerprint density at radius 2 is 1.91 bits per heavy atom. The fourth-order valence-electron chi connectivity index (χ4n) is 1.92. The molecule has 2 aromatic rings. The predicted octanol–water partition coefficient (Wildman–Crippen LogP) is 3.04. The first-order valence-corrected chi connectivity index (χ1v) is 7.09. The molecule has 0 fully saturated rings. The van der Waals surface area contributed by atoms with Gasteiger partial charge in [-0.3, -0.25) is 14.9 Å². The van der Waals surface area contributed by atoms with Gasteiger partial charge < -0.3 is 15.4 Å². The molecule has 0 spiro atoms. The predicted molar refractivity (Wildman–Crippen MR) is 87.8 cm³/mol. The average Bonchev–Trinajstić information content (AvgIpc) is 2.55. The van der Waals surface area contributed by atoms with Gasteiger partial charge in [0.25, 0.3) is 5.69 Å². The van der Waals surface area contributed by atoms with Crippen LogP contribution < -0.4 is 15.4 Å². The van der Waals surface area contributed by atoms with Crippen molar-refractivity contribution in [1.29, 1.82) is 0 Å². The zero-order chi connectivity index (χ0) is 16.7. The first-order chi connectivity index (χ1) is 11.1. The number of carbonyl (C=O) groups excluding carboxylic acids is 1. The third-order valence-electron chi connectivity index (χ3n) is 2.96. The molecule has 2 aromatic carbocycles. The molecule has 0 bridgehead atoms. The normalized spacial score (nSPS) is 9.96. The molecule has 0 heterocycles. The maximum absolute atomic E-state index is 11.9. The van der Waals surface area contributed by atoms with E-state index in [1.54, 1.807) is 36.4 Å². The highest BCUT2D eigenvalue weighted by molar-refractivity contribution is 5.93. The number of anilines is 2. The summed E-state index contributed by atoms with van der Waals surface area (Å²) >= 11 is 0. The molecule has 0 aliphatic heterocycles. The van der Waals surface area contributed by atoms with Gasteiger partial charge in [-0.15, -0.1) is 0 Å². The van der Waals surface area contributed by atoms with Crippen LogP contribution in [0.2, 0.25) is 0 Å². The van der Waals surface area contributed by atoms with E-state index in [-0.39, 0.29) is 18.1 Å². The van der Waals surface area contributed by atoms with Crippen molar-refractivity contribution in [3.05, 3.63) is 58.6 Å². The number of rotatable bonds is 7. The van der Waals surface area contributed by atoms with Crippen molar-refractivity contribution in [2.75, 3.05) is 23.8 Å². The molecule has 0 atom stereocenters. The second-order valence-electron chi connectivity index (χ2n) is 4.67. The van der Waals surface area contributed by atoms with Gasteiger partial charge in [0, 0.05) is 23.5 Å². The van der Waals surface area contributed by atoms with E-state index in [1.807, 2.05) is 6.92 Å². The van der Waals surface area contributed by atoms with E-state index in [9.17, 15) is 14.9 Å². The van der Waals surface area contributed by atoms with Gasteiger partial charge in [0.05, 0.1) is 18.1 Å². The maximum atomic E-state index is 11.9. The van der Waals surface area contributed by atoms with Crippen molar-refractivity contribution in [1.82, 2.24) is 0 Å². The molecule has 1 amide bonds. The Morgan fingerprint density at radius 1 is 1.17 bits per heavy atom. The molecule has 0 unspecified atom stereocenters. The summed E-state index contributed by atoms with van der Waals surface area (Å²) < 4.78 is 5.32. The first-order valence-electron chi connectivity index (χ1n) is 7.09. The molecule has 0 saturated heterocycles. The zero-order valence-corrected chi connectivity index (χ0v) is 12.6. The number of benzene rings is 2. The summed E-state index contributed by atoms with van der Waals surface area (Å²) in [5.74, 6) is 0.487. The summed E-state index contributed by atoms with van der Waals surface area (Å²) in [6, 6.07) is 13.0. The maximum Gasteiger partial charge on any atom is 0.271 e. The highest BCUT2D eigenvalue weighted by Gasteiger charge is 2.07. The Balaban J connectivity index is 1.87. The third kappa shape index (κ3) is 4.99. The van der Waals surface area contributed by atoms with Gasteiger partial charge in [0.2, 0.25) is 5.91 Å². The molecule has 23 heavy (non-hydrogen) atoms. The summed E-state index contributed by atoms with van der Waals surface area (Å²) in [5, 5.41) is 16.3. The standard InChI is InChI=1S/C16H17N3O4/c1-2-23-15-8-6-12(7-9-15)18-16(20)11-17-13-4-3-5-14(10-13)19(21)22/h3-10,17H,2,11H2,1H3,(H,18,20). The second kappa shape index (κ2) is 7.79. The first kappa shape index (κ1) is 16.3. The molecule has 120 valence electrons. The summed E-state index contributed by atoms with van der Waals surface area (Å²) in [4.78, 5) is 22.1. The van der Waals surface area contributed by atoms with Crippen LogP contribution >= 0.6 is 0 Å². The number of amides is 1. The topological polar surface area (TPSA) is 93.5 Å². The van der Waals surface area contributed by atoms with Gasteiger partial charge in [0.1, 0.15) is 5.75 Å². The Bertz CT molecular complexity index is 686. The lowest BCUT2D eigenvalue weighted by molar-refractivity contribution is -0.384.